The Kier molecular flexibility index (Phi) is 7.07. The first-order valence-corrected chi connectivity index (χ1v) is 11.1. The number of aromatic nitrogens is 2. The summed E-state index contributed by atoms with van der Waals surface area (Å²) in [4.78, 5) is 19.6. The Balaban J connectivity index is 1.47. The van der Waals surface area contributed by atoms with Gasteiger partial charge in [-0.2, -0.15) is 5.10 Å². The number of carbonyl (C=O) groups excluding carboxylic acids is 1. The van der Waals surface area contributed by atoms with Crippen molar-refractivity contribution >= 4 is 5.91 Å². The van der Waals surface area contributed by atoms with E-state index >= 15 is 0 Å². The summed E-state index contributed by atoms with van der Waals surface area (Å²) < 4.78 is 25.5. The van der Waals surface area contributed by atoms with Crippen molar-refractivity contribution in [1.82, 2.24) is 24.9 Å². The molecule has 9 heteroatoms. The Morgan fingerprint density at radius 1 is 1.22 bits per heavy atom. The van der Waals surface area contributed by atoms with E-state index in [2.05, 4.69) is 27.0 Å². The first-order chi connectivity index (χ1) is 15.4. The van der Waals surface area contributed by atoms with Gasteiger partial charge in [-0.25, -0.2) is 4.39 Å². The highest BCUT2D eigenvalue weighted by molar-refractivity contribution is 5.77. The van der Waals surface area contributed by atoms with Gasteiger partial charge in [-0.15, -0.1) is 0 Å². The molecule has 8 nitrogen and oxygen atoms in total. The predicted octanol–water partition coefficient (Wildman–Crippen LogP) is 1.67. The second kappa shape index (κ2) is 9.97. The molecule has 32 heavy (non-hydrogen) atoms. The van der Waals surface area contributed by atoms with Gasteiger partial charge in [0.2, 0.25) is 5.91 Å². The van der Waals surface area contributed by atoms with Crippen LogP contribution in [0.3, 0.4) is 0 Å². The highest BCUT2D eigenvalue weighted by atomic mass is 19.1. The SMILES string of the molecule is Cc1[nH]ncc1CN1CCO[C@](COc2ccc(F)cc2)(CC(=O)N2CCN(C)CC2)C1. The quantitative estimate of drug-likeness (QED) is 0.699. The molecule has 2 aromatic rings. The summed E-state index contributed by atoms with van der Waals surface area (Å²) in [5, 5.41) is 7.10. The molecule has 0 bridgehead atoms. The normalized spacial score (nSPS) is 22.8. The standard InChI is InChI=1S/C23H32FN5O3/c1-18-19(14-25-26-18)15-28-11-12-32-23(16-28,17-31-21-5-3-20(24)4-6-21)13-22(30)29-9-7-27(2)8-10-29/h3-6,14H,7-13,15-17H2,1-2H3,(H,25,26)/t23-/m1/s1. The number of H-pyrrole nitrogens is 1. The zero-order valence-electron chi connectivity index (χ0n) is 18.8. The number of morpholine rings is 1. The molecule has 4 rings (SSSR count). The van der Waals surface area contributed by atoms with Crippen LogP contribution in [0.25, 0.3) is 0 Å². The number of likely N-dealkylation sites (N-methyl/N-ethyl adjacent to an activating group) is 1. The third-order valence-electron chi connectivity index (χ3n) is 6.30. The minimum absolute atomic E-state index is 0.0853. The fourth-order valence-corrected chi connectivity index (χ4v) is 4.27. The number of hydrogen-bond donors (Lipinski definition) is 1. The molecule has 2 fully saturated rings. The lowest BCUT2D eigenvalue weighted by Gasteiger charge is -2.43. The predicted molar refractivity (Wildman–Crippen MR) is 118 cm³/mol. The van der Waals surface area contributed by atoms with Gasteiger partial charge < -0.3 is 19.3 Å². The molecule has 1 atom stereocenters. The zero-order chi connectivity index (χ0) is 22.6. The molecule has 1 aromatic heterocycles. The number of rotatable bonds is 7. The number of nitrogens with one attached hydrogen (secondary N) is 1. The zero-order valence-corrected chi connectivity index (χ0v) is 18.8. The monoisotopic (exact) mass is 445 g/mol. The second-order valence-corrected chi connectivity index (χ2v) is 8.87. The van der Waals surface area contributed by atoms with E-state index < -0.39 is 5.60 Å². The van der Waals surface area contributed by atoms with Crippen LogP contribution in [-0.2, 0) is 16.1 Å². The summed E-state index contributed by atoms with van der Waals surface area (Å²) in [6.45, 7) is 8.00. The molecule has 0 saturated carbocycles. The number of aromatic amines is 1. The average Bonchev–Trinajstić information content (AvgIpc) is 3.18. The third kappa shape index (κ3) is 5.65. The Bertz CT molecular complexity index is 897. The van der Waals surface area contributed by atoms with Crippen LogP contribution in [0.4, 0.5) is 4.39 Å². The van der Waals surface area contributed by atoms with Crippen molar-refractivity contribution in [2.24, 2.45) is 0 Å². The molecule has 3 heterocycles. The lowest BCUT2D eigenvalue weighted by atomic mass is 9.96. The second-order valence-electron chi connectivity index (χ2n) is 8.87. The van der Waals surface area contributed by atoms with Gasteiger partial charge in [0, 0.05) is 57.1 Å². The topological polar surface area (TPSA) is 73.9 Å². The van der Waals surface area contributed by atoms with E-state index in [0.29, 0.717) is 18.9 Å². The van der Waals surface area contributed by atoms with Gasteiger partial charge in [-0.05, 0) is 38.2 Å². The summed E-state index contributed by atoms with van der Waals surface area (Å²) in [7, 11) is 2.07. The first-order valence-electron chi connectivity index (χ1n) is 11.1. The van der Waals surface area contributed by atoms with Crippen molar-refractivity contribution in [2.75, 3.05) is 59.5 Å². The molecule has 1 amide bonds. The van der Waals surface area contributed by atoms with Gasteiger partial charge >= 0.3 is 0 Å². The maximum atomic E-state index is 13.3. The van der Waals surface area contributed by atoms with Crippen LogP contribution >= 0.6 is 0 Å². The third-order valence-corrected chi connectivity index (χ3v) is 6.30. The van der Waals surface area contributed by atoms with Crippen molar-refractivity contribution in [2.45, 2.75) is 25.5 Å². The highest BCUT2D eigenvalue weighted by Crippen LogP contribution is 2.27. The molecule has 0 aliphatic carbocycles. The highest BCUT2D eigenvalue weighted by Gasteiger charge is 2.41. The van der Waals surface area contributed by atoms with Gasteiger partial charge in [0.1, 0.15) is 23.8 Å². The van der Waals surface area contributed by atoms with Crippen LogP contribution in [0, 0.1) is 12.7 Å². The Morgan fingerprint density at radius 3 is 2.66 bits per heavy atom. The van der Waals surface area contributed by atoms with Gasteiger partial charge in [0.05, 0.1) is 19.2 Å². The summed E-state index contributed by atoms with van der Waals surface area (Å²) in [5.74, 6) is 0.333. The van der Waals surface area contributed by atoms with E-state index in [9.17, 15) is 9.18 Å². The number of halogens is 1. The lowest BCUT2D eigenvalue weighted by Crippen LogP contribution is -2.58. The van der Waals surface area contributed by atoms with Gasteiger partial charge in [0.25, 0.3) is 0 Å². The smallest absolute Gasteiger partial charge is 0.225 e. The summed E-state index contributed by atoms with van der Waals surface area (Å²) in [5.41, 5.74) is 1.40. The lowest BCUT2D eigenvalue weighted by molar-refractivity contribution is -0.157. The molecule has 1 N–H and O–H groups in total. The van der Waals surface area contributed by atoms with Crippen molar-refractivity contribution in [3.63, 3.8) is 0 Å². The molecule has 0 spiro atoms. The van der Waals surface area contributed by atoms with Crippen LogP contribution in [0.2, 0.25) is 0 Å². The van der Waals surface area contributed by atoms with Crippen molar-refractivity contribution in [3.05, 3.63) is 47.5 Å². The molecule has 2 aliphatic rings. The van der Waals surface area contributed by atoms with Crippen LogP contribution in [0.5, 0.6) is 5.75 Å². The van der Waals surface area contributed by atoms with Gasteiger partial charge in [-0.3, -0.25) is 14.8 Å². The number of nitrogens with zero attached hydrogens (tertiary/aromatic N) is 4. The van der Waals surface area contributed by atoms with Crippen molar-refractivity contribution in [3.8, 4) is 5.75 Å². The number of aryl methyl sites for hydroxylation is 1. The van der Waals surface area contributed by atoms with Crippen molar-refractivity contribution in [1.29, 1.82) is 0 Å². The van der Waals surface area contributed by atoms with Crippen LogP contribution in [-0.4, -0.2) is 95.9 Å². The Morgan fingerprint density at radius 2 is 1.97 bits per heavy atom. The molecule has 0 unspecified atom stereocenters. The van der Waals surface area contributed by atoms with E-state index in [1.165, 1.54) is 12.1 Å². The summed E-state index contributed by atoms with van der Waals surface area (Å²) in [6, 6.07) is 5.93. The maximum absolute atomic E-state index is 13.3. The number of piperazine rings is 1. The largest absolute Gasteiger partial charge is 0.491 e. The number of carbonyl (C=O) groups is 1. The fourth-order valence-electron chi connectivity index (χ4n) is 4.27. The molecule has 2 saturated heterocycles. The summed E-state index contributed by atoms with van der Waals surface area (Å²) >= 11 is 0. The number of amides is 1. The molecule has 0 radical (unpaired) electrons. The Labute approximate surface area is 188 Å². The van der Waals surface area contributed by atoms with Crippen LogP contribution in [0.1, 0.15) is 17.7 Å². The molecular formula is C23H32FN5O3. The average molecular weight is 446 g/mol. The summed E-state index contributed by atoms with van der Waals surface area (Å²) in [6.07, 6.45) is 2.09. The molecule has 1 aromatic carbocycles. The maximum Gasteiger partial charge on any atom is 0.225 e. The van der Waals surface area contributed by atoms with Crippen molar-refractivity contribution < 1.29 is 18.7 Å². The Hall–Kier alpha value is -2.49. The van der Waals surface area contributed by atoms with E-state index in [1.54, 1.807) is 12.1 Å². The van der Waals surface area contributed by atoms with E-state index in [-0.39, 0.29) is 24.8 Å². The van der Waals surface area contributed by atoms with E-state index in [4.69, 9.17) is 9.47 Å². The minimum atomic E-state index is -0.773. The number of benzene rings is 1. The molecule has 174 valence electrons. The molecule has 2 aliphatic heterocycles. The number of ether oxygens (including phenoxy) is 2. The van der Waals surface area contributed by atoms with Gasteiger partial charge in [0.15, 0.2) is 0 Å². The van der Waals surface area contributed by atoms with Gasteiger partial charge in [-0.1, -0.05) is 0 Å². The minimum Gasteiger partial charge on any atom is -0.491 e. The van der Waals surface area contributed by atoms with E-state index in [0.717, 1.165) is 50.5 Å². The molecular weight excluding hydrogens is 413 g/mol. The van der Waals surface area contributed by atoms with Crippen LogP contribution in [0.15, 0.2) is 30.5 Å². The van der Waals surface area contributed by atoms with E-state index in [1.807, 2.05) is 18.0 Å². The first kappa shape index (κ1) is 22.7. The fraction of sp³-hybridized carbons (Fsp3) is 0.565. The van der Waals surface area contributed by atoms with Crippen LogP contribution < -0.4 is 4.74 Å². The number of hydrogen-bond acceptors (Lipinski definition) is 6.